The third-order valence-corrected chi connectivity index (χ3v) is 4.10. The zero-order valence-corrected chi connectivity index (χ0v) is 9.42. The zero-order valence-electron chi connectivity index (χ0n) is 7.83. The van der Waals surface area contributed by atoms with E-state index in [9.17, 15) is 0 Å². The zero-order chi connectivity index (χ0) is 9.26. The first-order valence-electron chi connectivity index (χ1n) is 4.87. The fourth-order valence-corrected chi connectivity index (χ4v) is 2.59. The van der Waals surface area contributed by atoms with Crippen LogP contribution in [0.5, 0.6) is 0 Å². The molecule has 2 unspecified atom stereocenters. The number of fused-ring (bicyclic) bond motifs is 1. The lowest BCUT2D eigenvalue weighted by atomic mass is 9.97. The molecule has 0 saturated carbocycles. The second kappa shape index (κ2) is 3.79. The van der Waals surface area contributed by atoms with E-state index in [0.29, 0.717) is 10.7 Å². The molecular formula is C11H14BrN. The third kappa shape index (κ3) is 1.78. The number of aromatic nitrogens is 1. The van der Waals surface area contributed by atoms with Crippen molar-refractivity contribution < 1.29 is 0 Å². The van der Waals surface area contributed by atoms with Crippen LogP contribution in [0.15, 0.2) is 18.3 Å². The number of halogens is 1. The van der Waals surface area contributed by atoms with Crippen LogP contribution < -0.4 is 0 Å². The normalized spacial score (nSPS) is 27.8. The highest BCUT2D eigenvalue weighted by atomic mass is 79.9. The molecule has 1 aromatic rings. The molecule has 1 aromatic heterocycles. The van der Waals surface area contributed by atoms with Gasteiger partial charge in [-0.1, -0.05) is 28.9 Å². The average Bonchev–Trinajstić information content (AvgIpc) is 2.29. The smallest absolute Gasteiger partial charge is 0.0438 e. The van der Waals surface area contributed by atoms with Crippen molar-refractivity contribution >= 4 is 15.9 Å². The van der Waals surface area contributed by atoms with Crippen molar-refractivity contribution in [2.75, 3.05) is 0 Å². The van der Waals surface area contributed by atoms with Crippen LogP contribution in [-0.4, -0.2) is 9.81 Å². The van der Waals surface area contributed by atoms with Crippen molar-refractivity contribution in [3.05, 3.63) is 29.6 Å². The lowest BCUT2D eigenvalue weighted by Gasteiger charge is -2.16. The Bertz CT molecular complexity index is 298. The molecule has 2 heteroatoms. The molecular weight excluding hydrogens is 226 g/mol. The Hall–Kier alpha value is -0.370. The molecule has 0 N–H and O–H groups in total. The van der Waals surface area contributed by atoms with Crippen LogP contribution >= 0.6 is 15.9 Å². The molecule has 2 atom stereocenters. The summed E-state index contributed by atoms with van der Waals surface area (Å²) >= 11 is 3.75. The van der Waals surface area contributed by atoms with Crippen LogP contribution in [0.4, 0.5) is 0 Å². The van der Waals surface area contributed by atoms with Crippen LogP contribution in [0, 0.1) is 0 Å². The van der Waals surface area contributed by atoms with E-state index in [-0.39, 0.29) is 0 Å². The van der Waals surface area contributed by atoms with Gasteiger partial charge in [0.2, 0.25) is 0 Å². The van der Waals surface area contributed by atoms with E-state index >= 15 is 0 Å². The van der Waals surface area contributed by atoms with Gasteiger partial charge in [-0.2, -0.15) is 0 Å². The van der Waals surface area contributed by atoms with Crippen molar-refractivity contribution in [2.45, 2.75) is 36.9 Å². The van der Waals surface area contributed by atoms with Gasteiger partial charge in [-0.15, -0.1) is 0 Å². The van der Waals surface area contributed by atoms with Crippen LogP contribution in [0.2, 0.25) is 0 Å². The fraction of sp³-hybridized carbons (Fsp3) is 0.545. The molecule has 13 heavy (non-hydrogen) atoms. The Morgan fingerprint density at radius 1 is 1.54 bits per heavy atom. The molecule has 0 aromatic carbocycles. The van der Waals surface area contributed by atoms with E-state index in [4.69, 9.17) is 0 Å². The number of hydrogen-bond acceptors (Lipinski definition) is 1. The summed E-state index contributed by atoms with van der Waals surface area (Å²) in [7, 11) is 0. The Labute approximate surface area is 87.7 Å². The van der Waals surface area contributed by atoms with Gasteiger partial charge in [0, 0.05) is 16.7 Å². The summed E-state index contributed by atoms with van der Waals surface area (Å²) in [5.41, 5.74) is 2.74. The number of hydrogen-bond donors (Lipinski definition) is 0. The first-order valence-corrected chi connectivity index (χ1v) is 5.78. The molecule has 0 fully saturated rings. The molecule has 0 aliphatic heterocycles. The van der Waals surface area contributed by atoms with Crippen LogP contribution in [-0.2, 0) is 6.42 Å². The molecule has 1 aliphatic carbocycles. The molecule has 0 radical (unpaired) electrons. The maximum Gasteiger partial charge on any atom is 0.0438 e. The summed E-state index contributed by atoms with van der Waals surface area (Å²) in [6.45, 7) is 2.28. The van der Waals surface area contributed by atoms with Crippen LogP contribution in [0.1, 0.15) is 36.9 Å². The summed E-state index contributed by atoms with van der Waals surface area (Å²) < 4.78 is 0. The van der Waals surface area contributed by atoms with Gasteiger partial charge >= 0.3 is 0 Å². The lowest BCUT2D eigenvalue weighted by molar-refractivity contribution is 0.662. The number of alkyl halides is 1. The van der Waals surface area contributed by atoms with Gasteiger partial charge in [0.25, 0.3) is 0 Å². The molecule has 0 saturated heterocycles. The largest absolute Gasteiger partial charge is 0.261 e. The van der Waals surface area contributed by atoms with E-state index < -0.39 is 0 Å². The fourth-order valence-electron chi connectivity index (χ4n) is 1.98. The molecule has 1 nitrogen and oxygen atoms in total. The van der Waals surface area contributed by atoms with Gasteiger partial charge in [0.15, 0.2) is 0 Å². The molecule has 2 rings (SSSR count). The first-order chi connectivity index (χ1) is 6.29. The Balaban J connectivity index is 2.40. The maximum atomic E-state index is 4.44. The van der Waals surface area contributed by atoms with E-state index in [0.717, 1.165) is 6.42 Å². The summed E-state index contributed by atoms with van der Waals surface area (Å²) in [5, 5.41) is 0. The predicted octanol–water partition coefficient (Wildman–Crippen LogP) is 3.28. The molecule has 70 valence electrons. The second-order valence-electron chi connectivity index (χ2n) is 3.74. The van der Waals surface area contributed by atoms with Gasteiger partial charge in [0.05, 0.1) is 0 Å². The summed E-state index contributed by atoms with van der Waals surface area (Å²) in [4.78, 5) is 5.07. The molecule has 0 spiro atoms. The van der Waals surface area contributed by atoms with E-state index in [2.05, 4.69) is 33.9 Å². The van der Waals surface area contributed by atoms with Crippen LogP contribution in [0.25, 0.3) is 0 Å². The van der Waals surface area contributed by atoms with E-state index in [1.54, 1.807) is 0 Å². The lowest BCUT2D eigenvalue weighted by Crippen LogP contribution is -2.07. The molecule has 0 bridgehead atoms. The highest BCUT2D eigenvalue weighted by Crippen LogP contribution is 2.33. The Kier molecular flexibility index (Phi) is 2.68. The number of pyridine rings is 1. The maximum absolute atomic E-state index is 4.44. The average molecular weight is 240 g/mol. The Morgan fingerprint density at radius 2 is 2.38 bits per heavy atom. The van der Waals surface area contributed by atoms with Gasteiger partial charge in [0.1, 0.15) is 0 Å². The van der Waals surface area contributed by atoms with E-state index in [1.165, 1.54) is 24.1 Å². The minimum Gasteiger partial charge on any atom is -0.261 e. The van der Waals surface area contributed by atoms with Gasteiger partial charge in [-0.25, -0.2) is 0 Å². The van der Waals surface area contributed by atoms with Crippen molar-refractivity contribution in [3.8, 4) is 0 Å². The highest BCUT2D eigenvalue weighted by Gasteiger charge is 2.22. The highest BCUT2D eigenvalue weighted by molar-refractivity contribution is 9.09. The monoisotopic (exact) mass is 239 g/mol. The predicted molar refractivity (Wildman–Crippen MR) is 58.3 cm³/mol. The third-order valence-electron chi connectivity index (χ3n) is 2.85. The van der Waals surface area contributed by atoms with Gasteiger partial charge < -0.3 is 0 Å². The second-order valence-corrected chi connectivity index (χ2v) is 4.91. The first kappa shape index (κ1) is 9.20. The van der Waals surface area contributed by atoms with Gasteiger partial charge in [-0.05, 0) is 36.8 Å². The number of aryl methyl sites for hydroxylation is 1. The number of rotatable bonds is 0. The van der Waals surface area contributed by atoms with Crippen molar-refractivity contribution in [1.29, 1.82) is 0 Å². The summed E-state index contributed by atoms with van der Waals surface area (Å²) in [6.07, 6.45) is 5.56. The van der Waals surface area contributed by atoms with Gasteiger partial charge in [-0.3, -0.25) is 4.98 Å². The van der Waals surface area contributed by atoms with Crippen molar-refractivity contribution in [2.24, 2.45) is 0 Å². The minimum absolute atomic E-state index is 0.603. The summed E-state index contributed by atoms with van der Waals surface area (Å²) in [5.74, 6) is 0.603. The standard InChI is InChI=1S/C11H14BrN/c1-8-9-4-3-7-13-11(9)6-2-5-10(8)12/h3-4,7-8,10H,2,5-6H2,1H3. The molecule has 0 amide bonds. The quantitative estimate of drug-likeness (QED) is 0.501. The summed E-state index contributed by atoms with van der Waals surface area (Å²) in [6, 6.07) is 4.26. The van der Waals surface area contributed by atoms with E-state index in [1.807, 2.05) is 12.3 Å². The topological polar surface area (TPSA) is 12.9 Å². The van der Waals surface area contributed by atoms with Crippen LogP contribution in [0.3, 0.4) is 0 Å². The number of nitrogens with zero attached hydrogens (tertiary/aromatic N) is 1. The minimum atomic E-state index is 0.603. The van der Waals surface area contributed by atoms with Crippen molar-refractivity contribution in [1.82, 2.24) is 4.98 Å². The molecule has 1 aliphatic rings. The SMILES string of the molecule is CC1c2cccnc2CCCC1Br. The molecule has 1 heterocycles. The Morgan fingerprint density at radius 3 is 3.23 bits per heavy atom. The van der Waals surface area contributed by atoms with Crippen molar-refractivity contribution in [3.63, 3.8) is 0 Å².